The van der Waals surface area contributed by atoms with Crippen LogP contribution in [0.25, 0.3) is 0 Å². The molecule has 1 heterocycles. The van der Waals surface area contributed by atoms with E-state index >= 15 is 0 Å². The third kappa shape index (κ3) is 5.82. The van der Waals surface area contributed by atoms with Crippen LogP contribution in [0.15, 0.2) is 17.4 Å². The molecule has 4 N–H and O–H groups in total. The van der Waals surface area contributed by atoms with Crippen LogP contribution in [0.2, 0.25) is 0 Å². The van der Waals surface area contributed by atoms with Crippen LogP contribution in [0.1, 0.15) is 45.1 Å². The van der Waals surface area contributed by atoms with Gasteiger partial charge in [-0.05, 0) is 19.8 Å². The topological polar surface area (TPSA) is 94.7 Å². The van der Waals surface area contributed by atoms with Crippen molar-refractivity contribution in [1.82, 2.24) is 20.4 Å². The molecule has 0 spiro atoms. The average molecular weight is 465 g/mol. The second-order valence-electron chi connectivity index (χ2n) is 7.37. The molecule has 0 amide bonds. The maximum absolute atomic E-state index is 10.6. The molecule has 1 fully saturated rings. The van der Waals surface area contributed by atoms with Gasteiger partial charge in [-0.2, -0.15) is 5.10 Å². The third-order valence-electron chi connectivity index (χ3n) is 5.09. The predicted octanol–water partition coefficient (Wildman–Crippen LogP) is 1.35. The van der Waals surface area contributed by atoms with Crippen LogP contribution in [0.3, 0.4) is 0 Å². The first-order valence-electron chi connectivity index (χ1n) is 8.61. The van der Waals surface area contributed by atoms with Gasteiger partial charge >= 0.3 is 0 Å². The van der Waals surface area contributed by atoms with Gasteiger partial charge in [0.15, 0.2) is 5.96 Å². The van der Waals surface area contributed by atoms with E-state index in [1.165, 1.54) is 0 Å². The molecule has 0 radical (unpaired) electrons. The highest BCUT2D eigenvalue weighted by atomic mass is 127. The molecule has 0 saturated heterocycles. The number of rotatable bonds is 5. The first-order valence-corrected chi connectivity index (χ1v) is 8.61. The number of nitrogens with one attached hydrogen (secondary N) is 2. The fourth-order valence-electron chi connectivity index (χ4n) is 3.15. The highest BCUT2D eigenvalue weighted by molar-refractivity contribution is 14.0. The SMILES string of the molecule is CN=C(NCC(C)(O)c1cnn(C)c1)NCC1(C)CCCCC1O.I. The van der Waals surface area contributed by atoms with E-state index in [0.29, 0.717) is 19.0 Å². The van der Waals surface area contributed by atoms with Gasteiger partial charge in [0.25, 0.3) is 0 Å². The predicted molar refractivity (Wildman–Crippen MR) is 110 cm³/mol. The normalized spacial score (nSPS) is 26.5. The van der Waals surface area contributed by atoms with Gasteiger partial charge < -0.3 is 20.8 Å². The summed E-state index contributed by atoms with van der Waals surface area (Å²) in [5.74, 6) is 0.623. The number of guanidine groups is 1. The highest BCUT2D eigenvalue weighted by Gasteiger charge is 2.35. The fraction of sp³-hybridized carbons (Fsp3) is 0.765. The number of aliphatic hydroxyl groups excluding tert-OH is 1. The van der Waals surface area contributed by atoms with Crippen molar-refractivity contribution < 1.29 is 10.2 Å². The van der Waals surface area contributed by atoms with Crippen molar-refractivity contribution in [2.45, 2.75) is 51.2 Å². The van der Waals surface area contributed by atoms with Gasteiger partial charge in [-0.25, -0.2) is 0 Å². The van der Waals surface area contributed by atoms with Gasteiger partial charge in [0.05, 0.1) is 18.8 Å². The number of hydrogen-bond donors (Lipinski definition) is 4. The summed E-state index contributed by atoms with van der Waals surface area (Å²) in [4.78, 5) is 4.21. The van der Waals surface area contributed by atoms with E-state index in [1.54, 1.807) is 31.0 Å². The molecule has 0 aromatic carbocycles. The zero-order valence-corrected chi connectivity index (χ0v) is 17.9. The molecule has 1 aromatic heterocycles. The molecule has 7 nitrogen and oxygen atoms in total. The number of aryl methyl sites for hydroxylation is 1. The van der Waals surface area contributed by atoms with Crippen molar-refractivity contribution in [1.29, 1.82) is 0 Å². The Balaban J connectivity index is 0.00000312. The Hall–Kier alpha value is -0.870. The molecule has 25 heavy (non-hydrogen) atoms. The van der Waals surface area contributed by atoms with E-state index < -0.39 is 5.60 Å². The quantitative estimate of drug-likeness (QED) is 0.299. The van der Waals surface area contributed by atoms with Crippen LogP contribution in [-0.4, -0.2) is 52.2 Å². The summed E-state index contributed by atoms with van der Waals surface area (Å²) >= 11 is 0. The smallest absolute Gasteiger partial charge is 0.191 e. The Morgan fingerprint density at radius 3 is 2.76 bits per heavy atom. The summed E-state index contributed by atoms with van der Waals surface area (Å²) in [6.07, 6.45) is 7.30. The lowest BCUT2D eigenvalue weighted by Crippen LogP contribution is -2.50. The van der Waals surface area contributed by atoms with E-state index in [0.717, 1.165) is 31.2 Å². The van der Waals surface area contributed by atoms with Crippen LogP contribution in [0, 0.1) is 5.41 Å². The lowest BCUT2D eigenvalue weighted by atomic mass is 9.73. The van der Waals surface area contributed by atoms with Crippen molar-refractivity contribution in [3.8, 4) is 0 Å². The molecule has 0 aliphatic heterocycles. The maximum Gasteiger partial charge on any atom is 0.191 e. The first-order chi connectivity index (χ1) is 11.3. The van der Waals surface area contributed by atoms with Crippen molar-refractivity contribution in [3.63, 3.8) is 0 Å². The number of nitrogens with zero attached hydrogens (tertiary/aromatic N) is 3. The van der Waals surface area contributed by atoms with Gasteiger partial charge in [0.1, 0.15) is 5.60 Å². The van der Waals surface area contributed by atoms with Crippen molar-refractivity contribution in [3.05, 3.63) is 18.0 Å². The summed E-state index contributed by atoms with van der Waals surface area (Å²) in [5, 5.41) is 31.4. The van der Waals surface area contributed by atoms with Crippen LogP contribution < -0.4 is 10.6 Å². The van der Waals surface area contributed by atoms with E-state index in [4.69, 9.17) is 0 Å². The molecule has 1 aromatic rings. The summed E-state index contributed by atoms with van der Waals surface area (Å²) < 4.78 is 1.67. The Morgan fingerprint density at radius 1 is 1.48 bits per heavy atom. The monoisotopic (exact) mass is 465 g/mol. The minimum Gasteiger partial charge on any atom is -0.392 e. The number of aromatic nitrogens is 2. The van der Waals surface area contributed by atoms with E-state index in [1.807, 2.05) is 7.05 Å². The molecule has 1 aliphatic rings. The van der Waals surface area contributed by atoms with E-state index in [2.05, 4.69) is 27.6 Å². The largest absolute Gasteiger partial charge is 0.392 e. The van der Waals surface area contributed by atoms with Crippen molar-refractivity contribution in [2.75, 3.05) is 20.1 Å². The number of halogens is 1. The Bertz CT molecular complexity index is 575. The van der Waals surface area contributed by atoms with Gasteiger partial charge in [-0.15, -0.1) is 24.0 Å². The molecule has 3 atom stereocenters. The van der Waals surface area contributed by atoms with Crippen LogP contribution >= 0.6 is 24.0 Å². The highest BCUT2D eigenvalue weighted by Crippen LogP contribution is 2.35. The minimum absolute atomic E-state index is 0. The van der Waals surface area contributed by atoms with Crippen molar-refractivity contribution >= 4 is 29.9 Å². The third-order valence-corrected chi connectivity index (χ3v) is 5.09. The average Bonchev–Trinajstić information content (AvgIpc) is 2.98. The summed E-state index contributed by atoms with van der Waals surface area (Å²) in [6.45, 7) is 4.83. The number of aliphatic imine (C=N–C) groups is 1. The zero-order chi connectivity index (χ0) is 17.8. The molecule has 1 saturated carbocycles. The summed E-state index contributed by atoms with van der Waals surface area (Å²) in [5.41, 5.74) is -0.426. The molecular weight excluding hydrogens is 433 g/mol. The Kier molecular flexibility index (Phi) is 8.14. The van der Waals surface area contributed by atoms with Gasteiger partial charge in [0.2, 0.25) is 0 Å². The molecule has 8 heteroatoms. The van der Waals surface area contributed by atoms with Crippen molar-refractivity contribution in [2.24, 2.45) is 17.5 Å². The molecule has 144 valence electrons. The first kappa shape index (κ1) is 22.2. The van der Waals surface area contributed by atoms with Crippen LogP contribution in [0.4, 0.5) is 0 Å². The maximum atomic E-state index is 10.6. The standard InChI is InChI=1S/C17H31N5O2.HI/c1-16(8-6-5-7-14(16)23)11-19-15(18-3)20-12-17(2,24)13-9-21-22(4)10-13;/h9-10,14,23-24H,5-8,11-12H2,1-4H3,(H2,18,19,20);1H. The summed E-state index contributed by atoms with van der Waals surface area (Å²) in [7, 11) is 3.53. The Labute approximate surface area is 167 Å². The molecule has 0 bridgehead atoms. The van der Waals surface area contributed by atoms with Gasteiger partial charge in [-0.3, -0.25) is 9.67 Å². The second-order valence-corrected chi connectivity index (χ2v) is 7.37. The van der Waals surface area contributed by atoms with E-state index in [9.17, 15) is 10.2 Å². The molecule has 3 unspecified atom stereocenters. The summed E-state index contributed by atoms with van der Waals surface area (Å²) in [6, 6.07) is 0. The molecule has 1 aliphatic carbocycles. The number of hydrogen-bond acceptors (Lipinski definition) is 4. The van der Waals surface area contributed by atoms with Crippen LogP contribution in [0.5, 0.6) is 0 Å². The van der Waals surface area contributed by atoms with Gasteiger partial charge in [-0.1, -0.05) is 19.8 Å². The number of aliphatic hydroxyl groups is 2. The van der Waals surface area contributed by atoms with Crippen LogP contribution in [-0.2, 0) is 12.6 Å². The second kappa shape index (κ2) is 9.18. The minimum atomic E-state index is -1.04. The fourth-order valence-corrected chi connectivity index (χ4v) is 3.15. The lowest BCUT2D eigenvalue weighted by molar-refractivity contribution is 0.00384. The van der Waals surface area contributed by atoms with E-state index in [-0.39, 0.29) is 35.5 Å². The Morgan fingerprint density at radius 2 is 2.20 bits per heavy atom. The lowest BCUT2D eigenvalue weighted by Gasteiger charge is -2.39. The molecule has 2 rings (SSSR count). The zero-order valence-electron chi connectivity index (χ0n) is 15.6. The molecular formula is C17H32IN5O2. The van der Waals surface area contributed by atoms with Gasteiger partial charge in [0, 0.05) is 37.8 Å².